The minimum Gasteiger partial charge on any atom is -0.497 e. The summed E-state index contributed by atoms with van der Waals surface area (Å²) in [5.41, 5.74) is 2.69. The molecular formula is C23H25N3O3. The molecule has 1 aliphatic rings. The third-order valence-corrected chi connectivity index (χ3v) is 5.67. The second-order valence-corrected chi connectivity index (χ2v) is 7.49. The number of hydrogen-bond donors (Lipinski definition) is 0. The Bertz CT molecular complexity index is 1110. The van der Waals surface area contributed by atoms with Gasteiger partial charge in [0.15, 0.2) is 0 Å². The lowest BCUT2D eigenvalue weighted by atomic mass is 10.0. The third kappa shape index (κ3) is 3.75. The molecule has 6 heteroatoms. The normalized spacial score (nSPS) is 16.3. The van der Waals surface area contributed by atoms with Gasteiger partial charge in [-0.05, 0) is 49.1 Å². The predicted molar refractivity (Wildman–Crippen MR) is 112 cm³/mol. The van der Waals surface area contributed by atoms with E-state index in [4.69, 9.17) is 4.74 Å². The number of aromatic nitrogens is 2. The number of para-hydroxylation sites is 1. The quantitative estimate of drug-likeness (QED) is 0.668. The monoisotopic (exact) mass is 391 g/mol. The number of amides is 1. The van der Waals surface area contributed by atoms with Crippen LogP contribution in [0, 0.1) is 6.92 Å². The van der Waals surface area contributed by atoms with Crippen LogP contribution in [0.3, 0.4) is 0 Å². The van der Waals surface area contributed by atoms with Gasteiger partial charge < -0.3 is 9.64 Å². The molecule has 0 bridgehead atoms. The van der Waals surface area contributed by atoms with Gasteiger partial charge in [0, 0.05) is 19.5 Å². The Kier molecular flexibility index (Phi) is 5.34. The van der Waals surface area contributed by atoms with Crippen molar-refractivity contribution in [1.82, 2.24) is 14.5 Å². The lowest BCUT2D eigenvalue weighted by Gasteiger charge is -2.25. The second-order valence-electron chi connectivity index (χ2n) is 7.49. The van der Waals surface area contributed by atoms with E-state index in [9.17, 15) is 9.59 Å². The molecule has 3 aromatic rings. The van der Waals surface area contributed by atoms with Crippen LogP contribution in [0.25, 0.3) is 10.9 Å². The van der Waals surface area contributed by atoms with E-state index in [0.29, 0.717) is 11.9 Å². The zero-order chi connectivity index (χ0) is 20.4. The molecule has 0 aliphatic carbocycles. The van der Waals surface area contributed by atoms with E-state index in [1.165, 1.54) is 4.57 Å². The van der Waals surface area contributed by atoms with Crippen molar-refractivity contribution in [2.24, 2.45) is 0 Å². The van der Waals surface area contributed by atoms with Crippen LogP contribution in [0.4, 0.5) is 0 Å². The van der Waals surface area contributed by atoms with Gasteiger partial charge in [-0.2, -0.15) is 0 Å². The molecule has 1 atom stereocenters. The van der Waals surface area contributed by atoms with Gasteiger partial charge in [0.25, 0.3) is 5.56 Å². The summed E-state index contributed by atoms with van der Waals surface area (Å²) in [6.07, 6.45) is 3.74. The first-order valence-corrected chi connectivity index (χ1v) is 9.96. The summed E-state index contributed by atoms with van der Waals surface area (Å²) in [5.74, 6) is 0.859. The van der Waals surface area contributed by atoms with Gasteiger partial charge in [0.2, 0.25) is 5.91 Å². The molecule has 1 unspecified atom stereocenters. The van der Waals surface area contributed by atoms with Gasteiger partial charge >= 0.3 is 0 Å². The Balaban J connectivity index is 1.50. The maximum absolute atomic E-state index is 12.9. The first-order valence-electron chi connectivity index (χ1n) is 9.96. The van der Waals surface area contributed by atoms with Crippen molar-refractivity contribution >= 4 is 16.8 Å². The van der Waals surface area contributed by atoms with E-state index in [2.05, 4.69) is 4.98 Å². The molecule has 0 radical (unpaired) electrons. The zero-order valence-corrected chi connectivity index (χ0v) is 16.8. The molecule has 1 amide bonds. The van der Waals surface area contributed by atoms with Crippen LogP contribution in [0.1, 0.15) is 36.4 Å². The summed E-state index contributed by atoms with van der Waals surface area (Å²) >= 11 is 0. The molecule has 29 heavy (non-hydrogen) atoms. The van der Waals surface area contributed by atoms with E-state index in [-0.39, 0.29) is 23.9 Å². The molecule has 4 rings (SSSR count). The fourth-order valence-electron chi connectivity index (χ4n) is 4.12. The molecule has 0 N–H and O–H groups in total. The first kappa shape index (κ1) is 19.2. The molecule has 1 fully saturated rings. The SMILES string of the molecule is COc1cccc(C2CCCN2C(=O)CCn2cnc3c(C)cccc3c2=O)c1. The summed E-state index contributed by atoms with van der Waals surface area (Å²) in [6.45, 7) is 3.01. The van der Waals surface area contributed by atoms with E-state index < -0.39 is 0 Å². The molecule has 0 spiro atoms. The highest BCUT2D eigenvalue weighted by Crippen LogP contribution is 2.33. The van der Waals surface area contributed by atoms with Gasteiger partial charge in [-0.15, -0.1) is 0 Å². The minimum absolute atomic E-state index is 0.0616. The van der Waals surface area contributed by atoms with E-state index >= 15 is 0 Å². The Hall–Kier alpha value is -3.15. The summed E-state index contributed by atoms with van der Waals surface area (Å²) in [4.78, 5) is 32.1. The highest BCUT2D eigenvalue weighted by molar-refractivity contribution is 5.80. The molecule has 150 valence electrons. The number of ether oxygens (including phenoxy) is 1. The van der Waals surface area contributed by atoms with Crippen molar-refractivity contribution in [3.8, 4) is 5.75 Å². The van der Waals surface area contributed by atoms with Crippen LogP contribution in [0.15, 0.2) is 53.6 Å². The van der Waals surface area contributed by atoms with Crippen LogP contribution in [-0.4, -0.2) is 34.0 Å². The first-order chi connectivity index (χ1) is 14.1. The maximum Gasteiger partial charge on any atom is 0.261 e. The molecule has 1 aliphatic heterocycles. The van der Waals surface area contributed by atoms with Gasteiger partial charge in [0.05, 0.1) is 30.4 Å². The number of carbonyl (C=O) groups is 1. The van der Waals surface area contributed by atoms with Crippen molar-refractivity contribution in [3.63, 3.8) is 0 Å². The van der Waals surface area contributed by atoms with Crippen LogP contribution in [0.5, 0.6) is 5.75 Å². The Morgan fingerprint density at radius 2 is 2.07 bits per heavy atom. The topological polar surface area (TPSA) is 64.4 Å². The zero-order valence-electron chi connectivity index (χ0n) is 16.8. The standard InChI is InChI=1S/C23H25N3O3/c1-16-6-3-9-19-22(16)24-15-25(23(19)28)13-11-21(27)26-12-5-10-20(26)17-7-4-8-18(14-17)29-2/h3-4,6-9,14-15,20H,5,10-13H2,1-2H3. The number of aryl methyl sites for hydroxylation is 2. The molecule has 6 nitrogen and oxygen atoms in total. The fraction of sp³-hybridized carbons (Fsp3) is 0.348. The number of likely N-dealkylation sites (tertiary alicyclic amines) is 1. The Morgan fingerprint density at radius 1 is 1.24 bits per heavy atom. The third-order valence-electron chi connectivity index (χ3n) is 5.67. The van der Waals surface area contributed by atoms with Crippen LogP contribution >= 0.6 is 0 Å². The van der Waals surface area contributed by atoms with Crippen molar-refractivity contribution < 1.29 is 9.53 Å². The number of carbonyl (C=O) groups excluding carboxylic acids is 1. The molecule has 1 saturated heterocycles. The summed E-state index contributed by atoms with van der Waals surface area (Å²) in [6, 6.07) is 13.5. The number of fused-ring (bicyclic) bond motifs is 1. The molecule has 0 saturated carbocycles. The number of methoxy groups -OCH3 is 1. The minimum atomic E-state index is -0.0998. The largest absolute Gasteiger partial charge is 0.497 e. The van der Waals surface area contributed by atoms with Crippen molar-refractivity contribution in [2.45, 2.75) is 38.8 Å². The summed E-state index contributed by atoms with van der Waals surface area (Å²) < 4.78 is 6.86. The maximum atomic E-state index is 12.9. The van der Waals surface area contributed by atoms with Crippen LogP contribution in [0.2, 0.25) is 0 Å². The fourth-order valence-corrected chi connectivity index (χ4v) is 4.12. The molecular weight excluding hydrogens is 366 g/mol. The number of hydrogen-bond acceptors (Lipinski definition) is 4. The lowest BCUT2D eigenvalue weighted by Crippen LogP contribution is -2.32. The van der Waals surface area contributed by atoms with E-state index in [1.54, 1.807) is 19.5 Å². The van der Waals surface area contributed by atoms with Gasteiger partial charge in [-0.3, -0.25) is 14.2 Å². The number of nitrogens with zero attached hydrogens (tertiary/aromatic N) is 3. The highest BCUT2D eigenvalue weighted by atomic mass is 16.5. The second kappa shape index (κ2) is 8.07. The summed E-state index contributed by atoms with van der Waals surface area (Å²) in [5, 5.41) is 0.593. The smallest absolute Gasteiger partial charge is 0.261 e. The molecule has 1 aromatic heterocycles. The molecule has 2 aromatic carbocycles. The van der Waals surface area contributed by atoms with Gasteiger partial charge in [-0.1, -0.05) is 24.3 Å². The highest BCUT2D eigenvalue weighted by Gasteiger charge is 2.29. The van der Waals surface area contributed by atoms with Gasteiger partial charge in [0.1, 0.15) is 5.75 Å². The molecule has 2 heterocycles. The average molecular weight is 391 g/mol. The van der Waals surface area contributed by atoms with Crippen LogP contribution in [-0.2, 0) is 11.3 Å². The van der Waals surface area contributed by atoms with Crippen molar-refractivity contribution in [2.75, 3.05) is 13.7 Å². The van der Waals surface area contributed by atoms with Crippen molar-refractivity contribution in [1.29, 1.82) is 0 Å². The average Bonchev–Trinajstić information content (AvgIpc) is 3.24. The van der Waals surface area contributed by atoms with E-state index in [1.807, 2.05) is 48.2 Å². The van der Waals surface area contributed by atoms with Gasteiger partial charge in [-0.25, -0.2) is 4.98 Å². The number of benzene rings is 2. The lowest BCUT2D eigenvalue weighted by molar-refractivity contribution is -0.132. The van der Waals surface area contributed by atoms with E-state index in [0.717, 1.165) is 41.8 Å². The van der Waals surface area contributed by atoms with Crippen molar-refractivity contribution in [3.05, 3.63) is 70.3 Å². The Morgan fingerprint density at radius 3 is 2.90 bits per heavy atom. The Labute approximate surface area is 169 Å². The number of rotatable bonds is 5. The van der Waals surface area contributed by atoms with Crippen LogP contribution < -0.4 is 10.3 Å². The summed E-state index contributed by atoms with van der Waals surface area (Å²) in [7, 11) is 1.65. The predicted octanol–water partition coefficient (Wildman–Crippen LogP) is 3.47.